The first-order valence-corrected chi connectivity index (χ1v) is 33.7. The van der Waals surface area contributed by atoms with Gasteiger partial charge >= 0.3 is 17.9 Å². The highest BCUT2D eigenvalue weighted by molar-refractivity contribution is 5.71. The third kappa shape index (κ3) is 66.2. The van der Waals surface area contributed by atoms with E-state index < -0.39 is 6.10 Å². The van der Waals surface area contributed by atoms with E-state index in [1.165, 1.54) is 122 Å². The van der Waals surface area contributed by atoms with Crippen LogP contribution in [0, 0.1) is 0 Å². The second kappa shape index (κ2) is 68.1. The Labute approximate surface area is 500 Å². The molecule has 0 radical (unpaired) electrons. The van der Waals surface area contributed by atoms with Gasteiger partial charge in [-0.15, -0.1) is 0 Å². The van der Waals surface area contributed by atoms with Crippen molar-refractivity contribution in [2.45, 2.75) is 309 Å². The molecule has 6 heteroatoms. The summed E-state index contributed by atoms with van der Waals surface area (Å²) in [6.45, 7) is 6.39. The van der Waals surface area contributed by atoms with Crippen molar-refractivity contribution in [3.8, 4) is 0 Å². The Morgan fingerprint density at radius 1 is 0.259 bits per heavy atom. The van der Waals surface area contributed by atoms with Gasteiger partial charge in [0.1, 0.15) is 13.2 Å². The van der Waals surface area contributed by atoms with E-state index in [9.17, 15) is 14.4 Å². The van der Waals surface area contributed by atoms with E-state index in [1.807, 2.05) is 0 Å². The summed E-state index contributed by atoms with van der Waals surface area (Å²) in [5.41, 5.74) is 0. The molecule has 0 rings (SSSR count). The van der Waals surface area contributed by atoms with E-state index in [1.54, 1.807) is 0 Å². The molecular formula is C75H124O6. The van der Waals surface area contributed by atoms with E-state index in [4.69, 9.17) is 14.2 Å². The van der Waals surface area contributed by atoms with Crippen LogP contribution in [-0.2, 0) is 28.6 Å². The van der Waals surface area contributed by atoms with Gasteiger partial charge in [-0.25, -0.2) is 0 Å². The first kappa shape index (κ1) is 76.5. The van der Waals surface area contributed by atoms with Crippen molar-refractivity contribution < 1.29 is 28.6 Å². The largest absolute Gasteiger partial charge is 0.462 e. The van der Waals surface area contributed by atoms with Gasteiger partial charge in [0.15, 0.2) is 6.10 Å². The first-order valence-electron chi connectivity index (χ1n) is 33.7. The van der Waals surface area contributed by atoms with Gasteiger partial charge in [0.2, 0.25) is 0 Å². The molecule has 1 atom stereocenters. The molecule has 0 bridgehead atoms. The zero-order valence-electron chi connectivity index (χ0n) is 52.8. The highest BCUT2D eigenvalue weighted by atomic mass is 16.6. The van der Waals surface area contributed by atoms with Crippen LogP contribution >= 0.6 is 0 Å². The van der Waals surface area contributed by atoms with Gasteiger partial charge in [-0.05, 0) is 116 Å². The lowest BCUT2D eigenvalue weighted by Gasteiger charge is -2.18. The third-order valence-electron chi connectivity index (χ3n) is 14.2. The second-order valence-electron chi connectivity index (χ2n) is 22.0. The number of hydrogen-bond acceptors (Lipinski definition) is 6. The lowest BCUT2D eigenvalue weighted by Crippen LogP contribution is -2.30. The number of ether oxygens (including phenoxy) is 3. The first-order chi connectivity index (χ1) is 40.0. The summed E-state index contributed by atoms with van der Waals surface area (Å²) >= 11 is 0. The lowest BCUT2D eigenvalue weighted by molar-refractivity contribution is -0.167. The van der Waals surface area contributed by atoms with Gasteiger partial charge in [0, 0.05) is 19.3 Å². The molecule has 1 unspecified atom stereocenters. The van der Waals surface area contributed by atoms with Gasteiger partial charge in [-0.1, -0.05) is 302 Å². The molecule has 0 saturated carbocycles. The Balaban J connectivity index is 4.23. The summed E-state index contributed by atoms with van der Waals surface area (Å²) in [5, 5.41) is 0. The Morgan fingerprint density at radius 2 is 0.481 bits per heavy atom. The molecule has 0 fully saturated rings. The zero-order valence-corrected chi connectivity index (χ0v) is 52.8. The van der Waals surface area contributed by atoms with Crippen LogP contribution in [0.4, 0.5) is 0 Å². The van der Waals surface area contributed by atoms with E-state index >= 15 is 0 Å². The maximum Gasteiger partial charge on any atom is 0.306 e. The van der Waals surface area contributed by atoms with Crippen molar-refractivity contribution in [2.75, 3.05) is 13.2 Å². The van der Waals surface area contributed by atoms with Crippen molar-refractivity contribution >= 4 is 17.9 Å². The third-order valence-corrected chi connectivity index (χ3v) is 14.2. The summed E-state index contributed by atoms with van der Waals surface area (Å²) < 4.78 is 16.9. The quantitative estimate of drug-likeness (QED) is 0.0261. The van der Waals surface area contributed by atoms with Gasteiger partial charge in [0.05, 0.1) is 0 Å². The van der Waals surface area contributed by atoms with Crippen LogP contribution in [0.15, 0.2) is 134 Å². The van der Waals surface area contributed by atoms with Crippen LogP contribution in [0.1, 0.15) is 303 Å². The van der Waals surface area contributed by atoms with E-state index in [-0.39, 0.29) is 31.1 Å². The number of esters is 3. The van der Waals surface area contributed by atoms with Crippen LogP contribution < -0.4 is 0 Å². The molecule has 6 nitrogen and oxygen atoms in total. The summed E-state index contributed by atoms with van der Waals surface area (Å²) in [4.78, 5) is 38.3. The monoisotopic (exact) mass is 1120 g/mol. The molecule has 0 aromatic heterocycles. The highest BCUT2D eigenvalue weighted by Gasteiger charge is 2.19. The molecule has 0 aromatic rings. The minimum atomic E-state index is -0.789. The molecule has 0 saturated heterocycles. The standard InChI is InChI=1S/C75H124O6/c1-4-7-10-13-16-19-21-23-25-27-29-31-33-35-36-37-38-40-41-43-45-47-49-51-53-56-59-62-65-68-74(77)80-71-72(70-79-73(76)67-64-61-58-55-18-15-12-9-6-3)81-75(78)69-66-63-60-57-54-52-50-48-46-44-42-39-34-32-30-28-26-24-22-20-17-14-11-8-5-2/h7-8,10-11,16-17,19-20,23-26,29-32,35-36,39,42,46,48,72H,4-6,9,12-15,18,21-22,27-28,33-34,37-38,40-41,43-45,47,49-71H2,1-3H3/b10-7-,11-8-,19-16-,20-17-,25-23-,26-24-,31-29-,32-30-,36-35-,42-39-,48-46-. The predicted octanol–water partition coefficient (Wildman–Crippen LogP) is 23.3. The maximum absolute atomic E-state index is 12.9. The van der Waals surface area contributed by atoms with Gasteiger partial charge < -0.3 is 14.2 Å². The Bertz CT molecular complexity index is 1720. The van der Waals surface area contributed by atoms with Crippen LogP contribution in [0.5, 0.6) is 0 Å². The van der Waals surface area contributed by atoms with Crippen molar-refractivity contribution in [1.29, 1.82) is 0 Å². The second-order valence-corrected chi connectivity index (χ2v) is 22.0. The van der Waals surface area contributed by atoms with Crippen LogP contribution in [0.25, 0.3) is 0 Å². The van der Waals surface area contributed by atoms with E-state index in [0.717, 1.165) is 141 Å². The molecular weight excluding hydrogens is 997 g/mol. The number of carbonyl (C=O) groups excluding carboxylic acids is 3. The molecule has 0 aliphatic carbocycles. The van der Waals surface area contributed by atoms with Gasteiger partial charge in [-0.2, -0.15) is 0 Å². The molecule has 0 aromatic carbocycles. The lowest BCUT2D eigenvalue weighted by atomic mass is 10.0. The molecule has 0 heterocycles. The van der Waals surface area contributed by atoms with Crippen LogP contribution in [0.3, 0.4) is 0 Å². The van der Waals surface area contributed by atoms with Crippen molar-refractivity contribution in [3.63, 3.8) is 0 Å². The molecule has 0 N–H and O–H groups in total. The van der Waals surface area contributed by atoms with Crippen LogP contribution in [0.2, 0.25) is 0 Å². The Morgan fingerprint density at radius 3 is 0.753 bits per heavy atom. The number of unbranched alkanes of at least 4 members (excludes halogenated alkanes) is 27. The smallest absolute Gasteiger partial charge is 0.306 e. The summed E-state index contributed by atoms with van der Waals surface area (Å²) in [6.07, 6.45) is 96.2. The van der Waals surface area contributed by atoms with Crippen molar-refractivity contribution in [3.05, 3.63) is 134 Å². The zero-order chi connectivity index (χ0) is 58.5. The predicted molar refractivity (Wildman–Crippen MR) is 353 cm³/mol. The fourth-order valence-electron chi connectivity index (χ4n) is 9.18. The minimum absolute atomic E-state index is 0.0848. The molecule has 0 aliphatic heterocycles. The SMILES string of the molecule is CC/C=C\C/C=C\C/C=C\C/C=C\C/C=C\C/C=C\CCCCCCCCC(=O)OC(COC(=O)CCCCCCCCCCC)COC(=O)CCCCCCCCCCCCCCC/C=C\C/C=C\C/C=C\C/C=C\C/C=C\CC. The fraction of sp³-hybridized carbons (Fsp3) is 0.667. The topological polar surface area (TPSA) is 78.9 Å². The van der Waals surface area contributed by atoms with Crippen molar-refractivity contribution in [1.82, 2.24) is 0 Å². The average Bonchev–Trinajstić information content (AvgIpc) is 3.47. The number of carbonyl (C=O) groups is 3. The fourth-order valence-corrected chi connectivity index (χ4v) is 9.18. The summed E-state index contributed by atoms with van der Waals surface area (Å²) in [7, 11) is 0. The molecule has 81 heavy (non-hydrogen) atoms. The number of hydrogen-bond donors (Lipinski definition) is 0. The van der Waals surface area contributed by atoms with Crippen molar-refractivity contribution in [2.24, 2.45) is 0 Å². The minimum Gasteiger partial charge on any atom is -0.462 e. The van der Waals surface area contributed by atoms with Crippen LogP contribution in [-0.4, -0.2) is 37.2 Å². The number of allylic oxidation sites excluding steroid dienone is 22. The molecule has 0 amide bonds. The Kier molecular flexibility index (Phi) is 64.3. The maximum atomic E-state index is 12.9. The Hall–Kier alpha value is -4.45. The average molecular weight is 1120 g/mol. The molecule has 0 aliphatic rings. The highest BCUT2D eigenvalue weighted by Crippen LogP contribution is 2.16. The van der Waals surface area contributed by atoms with E-state index in [0.29, 0.717) is 19.3 Å². The van der Waals surface area contributed by atoms with E-state index in [2.05, 4.69) is 154 Å². The molecule has 460 valence electrons. The number of rotatable bonds is 60. The molecule has 0 spiro atoms. The normalized spacial score (nSPS) is 13.0. The van der Waals surface area contributed by atoms with Gasteiger partial charge in [-0.3, -0.25) is 14.4 Å². The summed E-state index contributed by atoms with van der Waals surface area (Å²) in [5.74, 6) is -0.898. The summed E-state index contributed by atoms with van der Waals surface area (Å²) in [6, 6.07) is 0. The van der Waals surface area contributed by atoms with Gasteiger partial charge in [0.25, 0.3) is 0 Å².